The summed E-state index contributed by atoms with van der Waals surface area (Å²) < 4.78 is 15.5. The molecule has 1 fully saturated rings. The molecule has 1 atom stereocenters. The minimum atomic E-state index is -1.29. The standard InChI is InChI=1S/C16H21BrFNO/c1-9-7-10(17)8-11(16(18)5-6-16)12(9)13(14(19)20)15(2,3)4/h7-8,13H,5-6H2,1-4H3,(H2,19,20). The zero-order chi connectivity index (χ0) is 15.3. The summed E-state index contributed by atoms with van der Waals surface area (Å²) in [6.07, 6.45) is 1.04. The van der Waals surface area contributed by atoms with Crippen LogP contribution < -0.4 is 5.73 Å². The van der Waals surface area contributed by atoms with Crippen molar-refractivity contribution in [2.45, 2.75) is 52.1 Å². The van der Waals surface area contributed by atoms with Crippen LogP contribution in [0.5, 0.6) is 0 Å². The van der Waals surface area contributed by atoms with Crippen LogP contribution in [-0.4, -0.2) is 5.91 Å². The second kappa shape index (κ2) is 4.83. The van der Waals surface area contributed by atoms with Crippen molar-refractivity contribution in [3.8, 4) is 0 Å². The number of amides is 1. The summed E-state index contributed by atoms with van der Waals surface area (Å²) in [4.78, 5) is 12.0. The molecular weight excluding hydrogens is 321 g/mol. The molecule has 1 aliphatic carbocycles. The van der Waals surface area contributed by atoms with E-state index in [9.17, 15) is 9.18 Å². The highest BCUT2D eigenvalue weighted by molar-refractivity contribution is 9.10. The van der Waals surface area contributed by atoms with Crippen molar-refractivity contribution in [1.82, 2.24) is 0 Å². The van der Waals surface area contributed by atoms with Gasteiger partial charge in [-0.15, -0.1) is 0 Å². The molecule has 0 aromatic heterocycles. The summed E-state index contributed by atoms with van der Waals surface area (Å²) in [5.41, 5.74) is 6.30. The van der Waals surface area contributed by atoms with Crippen LogP contribution in [-0.2, 0) is 10.5 Å². The summed E-state index contributed by atoms with van der Waals surface area (Å²) in [6, 6.07) is 3.73. The Hall–Kier alpha value is -0.900. The molecule has 1 aromatic rings. The fourth-order valence-electron chi connectivity index (χ4n) is 2.89. The molecule has 0 spiro atoms. The largest absolute Gasteiger partial charge is 0.369 e. The van der Waals surface area contributed by atoms with E-state index in [0.29, 0.717) is 18.4 Å². The highest BCUT2D eigenvalue weighted by Gasteiger charge is 2.49. The lowest BCUT2D eigenvalue weighted by Gasteiger charge is -2.32. The van der Waals surface area contributed by atoms with Crippen LogP contribution in [0.15, 0.2) is 16.6 Å². The van der Waals surface area contributed by atoms with Gasteiger partial charge in [0.1, 0.15) is 5.67 Å². The molecule has 0 bridgehead atoms. The molecule has 20 heavy (non-hydrogen) atoms. The van der Waals surface area contributed by atoms with Crippen molar-refractivity contribution in [2.24, 2.45) is 11.1 Å². The number of halogens is 2. The van der Waals surface area contributed by atoms with Crippen LogP contribution in [0.4, 0.5) is 4.39 Å². The fourth-order valence-corrected chi connectivity index (χ4v) is 3.46. The van der Waals surface area contributed by atoms with E-state index in [0.717, 1.165) is 15.6 Å². The van der Waals surface area contributed by atoms with Gasteiger partial charge < -0.3 is 5.73 Å². The fraction of sp³-hybridized carbons (Fsp3) is 0.562. The van der Waals surface area contributed by atoms with E-state index in [1.807, 2.05) is 33.8 Å². The van der Waals surface area contributed by atoms with Gasteiger partial charge >= 0.3 is 0 Å². The van der Waals surface area contributed by atoms with Gasteiger partial charge in [-0.2, -0.15) is 0 Å². The molecule has 2 nitrogen and oxygen atoms in total. The normalized spacial score (nSPS) is 18.7. The summed E-state index contributed by atoms with van der Waals surface area (Å²) in [5.74, 6) is -0.882. The van der Waals surface area contributed by atoms with Gasteiger partial charge in [0.2, 0.25) is 5.91 Å². The van der Waals surface area contributed by atoms with E-state index in [-0.39, 0.29) is 5.41 Å². The first-order valence-corrected chi connectivity index (χ1v) is 7.64. The highest BCUT2D eigenvalue weighted by Crippen LogP contribution is 2.54. The molecule has 0 aliphatic heterocycles. The van der Waals surface area contributed by atoms with Crippen molar-refractivity contribution in [3.63, 3.8) is 0 Å². The lowest BCUT2D eigenvalue weighted by Crippen LogP contribution is -2.33. The molecule has 1 aromatic carbocycles. The van der Waals surface area contributed by atoms with Crippen LogP contribution in [0.2, 0.25) is 0 Å². The average molecular weight is 342 g/mol. The van der Waals surface area contributed by atoms with E-state index in [1.165, 1.54) is 0 Å². The molecule has 2 N–H and O–H groups in total. The van der Waals surface area contributed by atoms with E-state index in [1.54, 1.807) is 6.07 Å². The van der Waals surface area contributed by atoms with Crippen molar-refractivity contribution < 1.29 is 9.18 Å². The Morgan fingerprint density at radius 3 is 2.35 bits per heavy atom. The number of hydrogen-bond acceptors (Lipinski definition) is 1. The molecule has 1 amide bonds. The molecule has 0 saturated heterocycles. The molecule has 0 radical (unpaired) electrons. The molecular formula is C16H21BrFNO. The third kappa shape index (κ3) is 2.76. The van der Waals surface area contributed by atoms with Gasteiger partial charge in [-0.3, -0.25) is 4.79 Å². The number of alkyl halides is 1. The first kappa shape index (κ1) is 15.5. The van der Waals surface area contributed by atoms with Gasteiger partial charge in [-0.25, -0.2) is 4.39 Å². The van der Waals surface area contributed by atoms with Crippen LogP contribution in [0.25, 0.3) is 0 Å². The van der Waals surface area contributed by atoms with Gasteiger partial charge in [-0.1, -0.05) is 36.7 Å². The minimum Gasteiger partial charge on any atom is -0.369 e. The molecule has 4 heteroatoms. The molecule has 0 heterocycles. The van der Waals surface area contributed by atoms with E-state index in [2.05, 4.69) is 15.9 Å². The smallest absolute Gasteiger partial charge is 0.225 e. The Labute approximate surface area is 128 Å². The van der Waals surface area contributed by atoms with Crippen molar-refractivity contribution in [2.75, 3.05) is 0 Å². The Balaban J connectivity index is 2.69. The van der Waals surface area contributed by atoms with E-state index in [4.69, 9.17) is 5.73 Å². The zero-order valence-corrected chi connectivity index (χ0v) is 14.0. The number of aryl methyl sites for hydroxylation is 1. The molecule has 1 aliphatic rings. The maximum absolute atomic E-state index is 14.7. The SMILES string of the molecule is Cc1cc(Br)cc(C2(F)CC2)c1C(C(N)=O)C(C)(C)C. The van der Waals surface area contributed by atoms with E-state index < -0.39 is 17.5 Å². The van der Waals surface area contributed by atoms with Crippen LogP contribution >= 0.6 is 15.9 Å². The number of nitrogens with two attached hydrogens (primary N) is 1. The lowest BCUT2D eigenvalue weighted by molar-refractivity contribution is -0.121. The predicted octanol–water partition coefficient (Wildman–Crippen LogP) is 4.33. The average Bonchev–Trinajstić information content (AvgIpc) is 2.98. The Kier molecular flexibility index (Phi) is 3.74. The predicted molar refractivity (Wildman–Crippen MR) is 82.3 cm³/mol. The topological polar surface area (TPSA) is 43.1 Å². The minimum absolute atomic E-state index is 0.343. The number of hydrogen-bond donors (Lipinski definition) is 1. The Bertz CT molecular complexity index is 558. The van der Waals surface area contributed by atoms with Crippen molar-refractivity contribution in [1.29, 1.82) is 0 Å². The quantitative estimate of drug-likeness (QED) is 0.873. The molecule has 1 unspecified atom stereocenters. The number of carbonyl (C=O) groups is 1. The van der Waals surface area contributed by atoms with Gasteiger partial charge in [0, 0.05) is 4.47 Å². The molecule has 2 rings (SSSR count). The first-order valence-electron chi connectivity index (χ1n) is 6.85. The number of primary amides is 1. The third-order valence-corrected chi connectivity index (χ3v) is 4.42. The summed E-state index contributed by atoms with van der Waals surface area (Å²) in [7, 11) is 0. The number of carbonyl (C=O) groups excluding carboxylic acids is 1. The van der Waals surface area contributed by atoms with Crippen molar-refractivity contribution in [3.05, 3.63) is 33.3 Å². The maximum Gasteiger partial charge on any atom is 0.225 e. The second-order valence-electron chi connectivity index (χ2n) is 6.85. The Morgan fingerprint density at radius 2 is 1.95 bits per heavy atom. The van der Waals surface area contributed by atoms with Gasteiger partial charge in [0.05, 0.1) is 5.92 Å². The molecule has 1 saturated carbocycles. The number of benzene rings is 1. The monoisotopic (exact) mass is 341 g/mol. The third-order valence-electron chi connectivity index (χ3n) is 3.96. The molecule has 110 valence electrons. The zero-order valence-electron chi connectivity index (χ0n) is 12.4. The second-order valence-corrected chi connectivity index (χ2v) is 7.77. The summed E-state index contributed by atoms with van der Waals surface area (Å²) >= 11 is 3.42. The lowest BCUT2D eigenvalue weighted by atomic mass is 9.72. The van der Waals surface area contributed by atoms with Gasteiger partial charge in [0.15, 0.2) is 0 Å². The van der Waals surface area contributed by atoms with Crippen LogP contribution in [0.3, 0.4) is 0 Å². The van der Waals surface area contributed by atoms with Crippen molar-refractivity contribution >= 4 is 21.8 Å². The van der Waals surface area contributed by atoms with Crippen LogP contribution in [0.1, 0.15) is 56.2 Å². The van der Waals surface area contributed by atoms with E-state index >= 15 is 0 Å². The number of rotatable bonds is 3. The highest BCUT2D eigenvalue weighted by atomic mass is 79.9. The van der Waals surface area contributed by atoms with Crippen LogP contribution in [0, 0.1) is 12.3 Å². The summed E-state index contributed by atoms with van der Waals surface area (Å²) in [5, 5.41) is 0. The first-order chi connectivity index (χ1) is 9.06. The maximum atomic E-state index is 14.7. The van der Waals surface area contributed by atoms with Gasteiger partial charge in [-0.05, 0) is 54.0 Å². The summed E-state index contributed by atoms with van der Waals surface area (Å²) in [6.45, 7) is 7.81. The Morgan fingerprint density at radius 1 is 1.40 bits per heavy atom. The van der Waals surface area contributed by atoms with Gasteiger partial charge in [0.25, 0.3) is 0 Å².